The summed E-state index contributed by atoms with van der Waals surface area (Å²) in [5.74, 6) is 3.15. The first-order valence-corrected chi connectivity index (χ1v) is 5.63. The molecule has 0 unspecified atom stereocenters. The summed E-state index contributed by atoms with van der Waals surface area (Å²) < 4.78 is 31.1. The molecule has 0 fully saturated rings. The van der Waals surface area contributed by atoms with E-state index >= 15 is 0 Å². The zero-order valence-corrected chi connectivity index (χ0v) is 10.3. The molecular weight excluding hydrogens is 268 g/mol. The third kappa shape index (κ3) is 3.48. The molecule has 1 heterocycles. The average molecular weight is 279 g/mol. The van der Waals surface area contributed by atoms with Gasteiger partial charge in [-0.2, -0.15) is 0 Å². The summed E-state index contributed by atoms with van der Waals surface area (Å²) >= 11 is 0. The fraction of sp³-hybridized carbons (Fsp3) is 0.0769. The summed E-state index contributed by atoms with van der Waals surface area (Å²) in [6, 6.07) is 5.96. The molecule has 1 aromatic carbocycles. The van der Waals surface area contributed by atoms with Crippen LogP contribution in [-0.2, 0) is 6.61 Å². The van der Waals surface area contributed by atoms with E-state index in [1.165, 1.54) is 12.3 Å². The maximum Gasteiger partial charge on any atom is 0.266 e. The standard InChI is InChI=1S/C13H11F2N3O2/c14-9-3-10(15)5-12(4-9)20-7-11-2-1-8(6-17-11)13(19)18-16/h1-6H,7,16H2,(H,18,19). The Morgan fingerprint density at radius 3 is 2.50 bits per heavy atom. The largest absolute Gasteiger partial charge is 0.487 e. The summed E-state index contributed by atoms with van der Waals surface area (Å²) in [6.45, 7) is 0.0212. The lowest BCUT2D eigenvalue weighted by Crippen LogP contribution is -2.30. The number of hydrogen-bond acceptors (Lipinski definition) is 4. The Bertz CT molecular complexity index is 597. The van der Waals surface area contributed by atoms with E-state index in [1.807, 2.05) is 5.43 Å². The number of carbonyl (C=O) groups is 1. The molecule has 0 bridgehead atoms. The molecule has 0 aliphatic carbocycles. The second kappa shape index (κ2) is 6.07. The first kappa shape index (κ1) is 13.9. The summed E-state index contributed by atoms with van der Waals surface area (Å²) in [7, 11) is 0. The van der Waals surface area contributed by atoms with Crippen LogP contribution in [0.25, 0.3) is 0 Å². The predicted octanol–water partition coefficient (Wildman–Crippen LogP) is 1.54. The van der Waals surface area contributed by atoms with Crippen molar-refractivity contribution >= 4 is 5.91 Å². The molecule has 0 saturated heterocycles. The first-order valence-electron chi connectivity index (χ1n) is 5.63. The van der Waals surface area contributed by atoms with Crippen LogP contribution in [0.1, 0.15) is 16.1 Å². The number of nitrogens with one attached hydrogen (secondary N) is 1. The Morgan fingerprint density at radius 1 is 1.25 bits per heavy atom. The van der Waals surface area contributed by atoms with Crippen LogP contribution in [0.4, 0.5) is 8.78 Å². The number of halogens is 2. The normalized spacial score (nSPS) is 10.2. The number of benzene rings is 1. The molecule has 2 rings (SSSR count). The Morgan fingerprint density at radius 2 is 1.95 bits per heavy atom. The van der Waals surface area contributed by atoms with Gasteiger partial charge in [-0.05, 0) is 12.1 Å². The van der Waals surface area contributed by atoms with Crippen molar-refractivity contribution in [1.29, 1.82) is 0 Å². The van der Waals surface area contributed by atoms with Crippen molar-refractivity contribution < 1.29 is 18.3 Å². The number of pyridine rings is 1. The molecule has 1 aromatic heterocycles. The molecule has 0 saturated carbocycles. The minimum absolute atomic E-state index is 0.0212. The van der Waals surface area contributed by atoms with Gasteiger partial charge < -0.3 is 4.74 Å². The van der Waals surface area contributed by atoms with Crippen LogP contribution in [0, 0.1) is 11.6 Å². The van der Waals surface area contributed by atoms with Gasteiger partial charge in [-0.25, -0.2) is 14.6 Å². The molecule has 7 heteroatoms. The lowest BCUT2D eigenvalue weighted by Gasteiger charge is -2.06. The molecule has 2 aromatic rings. The SMILES string of the molecule is NNC(=O)c1ccc(COc2cc(F)cc(F)c2)nc1. The summed E-state index contributed by atoms with van der Waals surface area (Å²) in [6.07, 6.45) is 1.33. The highest BCUT2D eigenvalue weighted by atomic mass is 19.1. The van der Waals surface area contributed by atoms with Crippen LogP contribution in [0.15, 0.2) is 36.5 Å². The van der Waals surface area contributed by atoms with Crippen LogP contribution in [0.3, 0.4) is 0 Å². The molecular formula is C13H11F2N3O2. The first-order chi connectivity index (χ1) is 9.58. The number of nitrogens with two attached hydrogens (primary N) is 1. The predicted molar refractivity (Wildman–Crippen MR) is 66.6 cm³/mol. The molecule has 20 heavy (non-hydrogen) atoms. The molecule has 0 aliphatic heterocycles. The van der Waals surface area contributed by atoms with Gasteiger partial charge in [0.2, 0.25) is 0 Å². The van der Waals surface area contributed by atoms with E-state index in [0.29, 0.717) is 11.3 Å². The lowest BCUT2D eigenvalue weighted by molar-refractivity contribution is 0.0953. The number of amides is 1. The van der Waals surface area contributed by atoms with E-state index in [-0.39, 0.29) is 12.4 Å². The van der Waals surface area contributed by atoms with Gasteiger partial charge in [-0.15, -0.1) is 0 Å². The maximum absolute atomic E-state index is 12.9. The fourth-order valence-corrected chi connectivity index (χ4v) is 1.50. The summed E-state index contributed by atoms with van der Waals surface area (Å²) in [4.78, 5) is 15.2. The number of nitrogens with zero attached hydrogens (tertiary/aromatic N) is 1. The Labute approximate surface area is 113 Å². The average Bonchev–Trinajstić information content (AvgIpc) is 2.44. The third-order valence-electron chi connectivity index (χ3n) is 2.44. The molecule has 1 amide bonds. The molecule has 0 aliphatic rings. The van der Waals surface area contributed by atoms with Crippen LogP contribution in [0.5, 0.6) is 5.75 Å². The van der Waals surface area contributed by atoms with Gasteiger partial charge in [-0.3, -0.25) is 15.2 Å². The van der Waals surface area contributed by atoms with Crippen LogP contribution in [0.2, 0.25) is 0 Å². The summed E-state index contributed by atoms with van der Waals surface area (Å²) in [5, 5.41) is 0. The topological polar surface area (TPSA) is 77.2 Å². The monoisotopic (exact) mass is 279 g/mol. The van der Waals surface area contributed by atoms with Gasteiger partial charge in [0.1, 0.15) is 24.0 Å². The van der Waals surface area contributed by atoms with E-state index in [4.69, 9.17) is 10.6 Å². The number of rotatable bonds is 4. The second-order valence-electron chi connectivity index (χ2n) is 3.91. The summed E-state index contributed by atoms with van der Waals surface area (Å²) in [5.41, 5.74) is 2.78. The van der Waals surface area contributed by atoms with Gasteiger partial charge in [-0.1, -0.05) is 0 Å². The fourth-order valence-electron chi connectivity index (χ4n) is 1.50. The number of ether oxygens (including phenoxy) is 1. The van der Waals surface area contributed by atoms with Gasteiger partial charge in [0, 0.05) is 24.4 Å². The quantitative estimate of drug-likeness (QED) is 0.505. The Hall–Kier alpha value is -2.54. The van der Waals surface area contributed by atoms with E-state index in [1.54, 1.807) is 6.07 Å². The minimum atomic E-state index is -0.720. The van der Waals surface area contributed by atoms with Gasteiger partial charge in [0.15, 0.2) is 0 Å². The molecule has 0 atom stereocenters. The van der Waals surface area contributed by atoms with Gasteiger partial charge >= 0.3 is 0 Å². The zero-order valence-electron chi connectivity index (χ0n) is 10.3. The third-order valence-corrected chi connectivity index (χ3v) is 2.44. The number of nitrogen functional groups attached to an aromatic ring is 1. The lowest BCUT2D eigenvalue weighted by atomic mass is 10.2. The zero-order chi connectivity index (χ0) is 14.5. The molecule has 3 N–H and O–H groups in total. The van der Waals surface area contributed by atoms with E-state index in [2.05, 4.69) is 4.98 Å². The van der Waals surface area contributed by atoms with Crippen LogP contribution >= 0.6 is 0 Å². The molecule has 0 radical (unpaired) electrons. The van der Waals surface area contributed by atoms with Gasteiger partial charge in [0.05, 0.1) is 11.3 Å². The van der Waals surface area contributed by atoms with Crippen LogP contribution < -0.4 is 16.0 Å². The van der Waals surface area contributed by atoms with E-state index < -0.39 is 17.5 Å². The highest BCUT2D eigenvalue weighted by Crippen LogP contribution is 2.16. The smallest absolute Gasteiger partial charge is 0.266 e. The molecule has 0 spiro atoms. The number of hydrazine groups is 1. The number of hydrogen-bond donors (Lipinski definition) is 2. The second-order valence-corrected chi connectivity index (χ2v) is 3.91. The molecule has 5 nitrogen and oxygen atoms in total. The van der Waals surface area contributed by atoms with Crippen molar-refractivity contribution in [2.75, 3.05) is 0 Å². The van der Waals surface area contributed by atoms with Crippen molar-refractivity contribution in [3.8, 4) is 5.75 Å². The van der Waals surface area contributed by atoms with Crippen molar-refractivity contribution in [3.63, 3.8) is 0 Å². The minimum Gasteiger partial charge on any atom is -0.487 e. The molecule has 104 valence electrons. The maximum atomic E-state index is 12.9. The van der Waals surface area contributed by atoms with E-state index in [0.717, 1.165) is 18.2 Å². The van der Waals surface area contributed by atoms with Crippen molar-refractivity contribution in [1.82, 2.24) is 10.4 Å². The van der Waals surface area contributed by atoms with Crippen molar-refractivity contribution in [3.05, 3.63) is 59.4 Å². The van der Waals surface area contributed by atoms with Gasteiger partial charge in [0.25, 0.3) is 5.91 Å². The highest BCUT2D eigenvalue weighted by Gasteiger charge is 2.05. The Balaban J connectivity index is 2.02. The van der Waals surface area contributed by atoms with Crippen molar-refractivity contribution in [2.45, 2.75) is 6.61 Å². The number of aromatic nitrogens is 1. The van der Waals surface area contributed by atoms with Crippen molar-refractivity contribution in [2.24, 2.45) is 5.84 Å². The van der Waals surface area contributed by atoms with E-state index in [9.17, 15) is 13.6 Å². The highest BCUT2D eigenvalue weighted by molar-refractivity contribution is 5.93. The van der Waals surface area contributed by atoms with Crippen LogP contribution in [-0.4, -0.2) is 10.9 Å². The Kier molecular flexibility index (Phi) is 4.21. The number of carbonyl (C=O) groups excluding carboxylic acids is 1.